The predicted molar refractivity (Wildman–Crippen MR) is 128 cm³/mol. The minimum Gasteiger partial charge on any atom is -0.390 e. The number of hydrogen-bond donors (Lipinski definition) is 2. The second-order valence-corrected chi connectivity index (χ2v) is 10.7. The highest BCUT2D eigenvalue weighted by Crippen LogP contribution is 2.26. The van der Waals surface area contributed by atoms with Crippen molar-refractivity contribution in [2.24, 2.45) is 0 Å². The first-order chi connectivity index (χ1) is 16.8. The van der Waals surface area contributed by atoms with Gasteiger partial charge in [-0.25, -0.2) is 18.4 Å². The van der Waals surface area contributed by atoms with Crippen LogP contribution in [-0.4, -0.2) is 86.8 Å². The van der Waals surface area contributed by atoms with Gasteiger partial charge in [-0.05, 0) is 24.0 Å². The second-order valence-electron chi connectivity index (χ2n) is 8.95. The number of nitrogens with zero attached hydrogens (tertiary/aromatic N) is 6. The second kappa shape index (κ2) is 9.36. The summed E-state index contributed by atoms with van der Waals surface area (Å²) in [6.45, 7) is 2.28. The third-order valence-electron chi connectivity index (χ3n) is 6.42. The van der Waals surface area contributed by atoms with E-state index < -0.39 is 22.0 Å². The number of benzene rings is 1. The number of aliphatic hydroxyl groups is 1. The number of hydrogen-bond acceptors (Lipinski definition) is 8. The monoisotopic (exact) mass is 497 g/mol. The zero-order valence-electron chi connectivity index (χ0n) is 19.3. The minimum absolute atomic E-state index is 0.0167. The highest BCUT2D eigenvalue weighted by molar-refractivity contribution is 7.92. The summed E-state index contributed by atoms with van der Waals surface area (Å²) >= 11 is 0. The summed E-state index contributed by atoms with van der Waals surface area (Å²) < 4.78 is 27.3. The van der Waals surface area contributed by atoms with E-state index in [2.05, 4.69) is 42.8 Å². The van der Waals surface area contributed by atoms with Crippen molar-refractivity contribution in [1.82, 2.24) is 29.3 Å². The first kappa shape index (κ1) is 23.4. The van der Waals surface area contributed by atoms with Gasteiger partial charge in [0.15, 0.2) is 0 Å². The maximum atomic E-state index is 13.3. The van der Waals surface area contributed by atoms with E-state index in [1.165, 1.54) is 34.3 Å². The third-order valence-corrected chi connectivity index (χ3v) is 7.00. The Kier molecular flexibility index (Phi) is 6.26. The van der Waals surface area contributed by atoms with Gasteiger partial charge in [-0.2, -0.15) is 4.98 Å². The number of imidazole rings is 1. The number of nitrogens with one attached hydrogen (secondary N) is 1. The topological polar surface area (TPSA) is 134 Å². The summed E-state index contributed by atoms with van der Waals surface area (Å²) in [7, 11) is -3.62. The number of rotatable bonds is 5. The fraction of sp³-hybridized carbons (Fsp3) is 0.391. The molecule has 2 atom stereocenters. The summed E-state index contributed by atoms with van der Waals surface area (Å²) in [6, 6.07) is 9.63. The van der Waals surface area contributed by atoms with Crippen molar-refractivity contribution < 1.29 is 18.3 Å². The van der Waals surface area contributed by atoms with Crippen molar-refractivity contribution in [2.45, 2.75) is 31.5 Å². The Morgan fingerprint density at radius 3 is 2.69 bits per heavy atom. The fourth-order valence-corrected chi connectivity index (χ4v) is 5.26. The minimum atomic E-state index is -3.62. The number of likely N-dealkylation sites (tertiary alicyclic amines) is 1. The standard InChI is InChI=1S/C23H27N7O4S/c1-35(33,34)27-21-12-18(25-23(26-21)30-11-8-24-15-30)22(32)29-10-7-19(20(31)14-29)28-9-6-16-4-2-3-5-17(16)13-28/h2-5,8,11-12,15,19-20,31H,6-7,9-10,13-14H2,1H3,(H,25,26,27)/t19?,20-/m1/s1. The van der Waals surface area contributed by atoms with Crippen LogP contribution in [0.25, 0.3) is 5.95 Å². The molecule has 5 rings (SSSR count). The molecule has 0 spiro atoms. The third kappa shape index (κ3) is 5.19. The quantitative estimate of drug-likeness (QED) is 0.525. The van der Waals surface area contributed by atoms with E-state index in [-0.39, 0.29) is 30.0 Å². The van der Waals surface area contributed by atoms with Crippen molar-refractivity contribution in [3.8, 4) is 5.95 Å². The number of piperidine rings is 1. The van der Waals surface area contributed by atoms with E-state index in [0.29, 0.717) is 13.0 Å². The van der Waals surface area contributed by atoms with Crippen LogP contribution in [0.15, 0.2) is 49.1 Å². The number of amides is 1. The molecular formula is C23H27N7O4S. The lowest BCUT2D eigenvalue weighted by Gasteiger charge is -2.43. The van der Waals surface area contributed by atoms with Gasteiger partial charge >= 0.3 is 0 Å². The molecule has 12 heteroatoms. The maximum Gasteiger partial charge on any atom is 0.272 e. The molecule has 2 aliphatic heterocycles. The highest BCUT2D eigenvalue weighted by atomic mass is 32.2. The van der Waals surface area contributed by atoms with Crippen molar-refractivity contribution in [3.05, 3.63) is 65.9 Å². The Morgan fingerprint density at radius 1 is 1.17 bits per heavy atom. The number of anilines is 1. The first-order valence-corrected chi connectivity index (χ1v) is 13.3. The summed E-state index contributed by atoms with van der Waals surface area (Å²) in [6.07, 6.45) is 6.45. The van der Waals surface area contributed by atoms with Crippen LogP contribution in [0.4, 0.5) is 5.82 Å². The molecule has 2 N–H and O–H groups in total. The molecule has 0 radical (unpaired) electrons. The van der Waals surface area contributed by atoms with Crippen molar-refractivity contribution in [3.63, 3.8) is 0 Å². The van der Waals surface area contributed by atoms with Gasteiger partial charge in [0.05, 0.1) is 12.4 Å². The zero-order chi connectivity index (χ0) is 24.6. The molecule has 2 aromatic heterocycles. The van der Waals surface area contributed by atoms with Gasteiger partial charge in [-0.15, -0.1) is 0 Å². The largest absolute Gasteiger partial charge is 0.390 e. The molecule has 184 valence electrons. The van der Waals surface area contributed by atoms with E-state index in [0.717, 1.165) is 25.8 Å². The highest BCUT2D eigenvalue weighted by Gasteiger charge is 2.36. The van der Waals surface area contributed by atoms with Crippen LogP contribution in [0.3, 0.4) is 0 Å². The van der Waals surface area contributed by atoms with E-state index in [9.17, 15) is 18.3 Å². The Bertz CT molecular complexity index is 1330. The molecule has 2 aliphatic rings. The Balaban J connectivity index is 1.33. The number of carbonyl (C=O) groups excluding carboxylic acids is 1. The lowest BCUT2D eigenvalue weighted by Crippen LogP contribution is -2.56. The normalized spacial score (nSPS) is 20.9. The summed E-state index contributed by atoms with van der Waals surface area (Å²) in [4.78, 5) is 29.7. The van der Waals surface area contributed by atoms with Crippen LogP contribution in [0.2, 0.25) is 0 Å². The molecule has 0 saturated carbocycles. The van der Waals surface area contributed by atoms with Crippen LogP contribution in [0.1, 0.15) is 28.0 Å². The lowest BCUT2D eigenvalue weighted by molar-refractivity contribution is -0.0139. The van der Waals surface area contributed by atoms with Crippen LogP contribution in [0.5, 0.6) is 0 Å². The molecule has 3 aromatic rings. The van der Waals surface area contributed by atoms with Gasteiger partial charge in [0, 0.05) is 50.7 Å². The molecule has 1 aromatic carbocycles. The van der Waals surface area contributed by atoms with Gasteiger partial charge in [0.2, 0.25) is 16.0 Å². The maximum absolute atomic E-state index is 13.3. The van der Waals surface area contributed by atoms with Gasteiger partial charge < -0.3 is 10.0 Å². The van der Waals surface area contributed by atoms with Crippen LogP contribution >= 0.6 is 0 Å². The average molecular weight is 498 g/mol. The molecule has 35 heavy (non-hydrogen) atoms. The fourth-order valence-electron chi connectivity index (χ4n) is 4.77. The predicted octanol–water partition coefficient (Wildman–Crippen LogP) is 0.667. The SMILES string of the molecule is CS(=O)(=O)Nc1cc(C(=O)N2CCC(N3CCc4ccccc4C3)[C@H](O)C2)nc(-n2ccnc2)n1. The average Bonchev–Trinajstić information content (AvgIpc) is 3.37. The molecule has 1 fully saturated rings. The van der Waals surface area contributed by atoms with Crippen LogP contribution in [-0.2, 0) is 23.0 Å². The first-order valence-electron chi connectivity index (χ1n) is 11.4. The van der Waals surface area contributed by atoms with Crippen molar-refractivity contribution in [1.29, 1.82) is 0 Å². The molecule has 4 heterocycles. The lowest BCUT2D eigenvalue weighted by atomic mass is 9.94. The molecule has 11 nitrogen and oxygen atoms in total. The number of β-amino-alcohol motifs (C(OH)–C–C–N with tert-alkyl or cyclic N) is 1. The number of fused-ring (bicyclic) bond motifs is 1. The Hall–Kier alpha value is -3.35. The van der Waals surface area contributed by atoms with Gasteiger partial charge in [-0.1, -0.05) is 24.3 Å². The Morgan fingerprint density at radius 2 is 1.97 bits per heavy atom. The summed E-state index contributed by atoms with van der Waals surface area (Å²) in [5, 5.41) is 11.0. The van der Waals surface area contributed by atoms with E-state index in [4.69, 9.17) is 0 Å². The molecule has 0 aliphatic carbocycles. The molecule has 0 bridgehead atoms. The van der Waals surface area contributed by atoms with Gasteiger partial charge in [-0.3, -0.25) is 19.0 Å². The number of carbonyl (C=O) groups is 1. The number of aromatic nitrogens is 4. The Labute approximate surface area is 203 Å². The molecule has 1 amide bonds. The smallest absolute Gasteiger partial charge is 0.272 e. The molecule has 1 unspecified atom stereocenters. The summed E-state index contributed by atoms with van der Waals surface area (Å²) in [5.74, 6) is -0.300. The van der Waals surface area contributed by atoms with Crippen molar-refractivity contribution in [2.75, 3.05) is 30.6 Å². The van der Waals surface area contributed by atoms with Crippen LogP contribution in [0, 0.1) is 0 Å². The molecular weight excluding hydrogens is 470 g/mol. The number of aliphatic hydroxyl groups excluding tert-OH is 1. The molecule has 1 saturated heterocycles. The van der Waals surface area contributed by atoms with Crippen molar-refractivity contribution >= 4 is 21.7 Å². The number of sulfonamides is 1. The van der Waals surface area contributed by atoms with E-state index >= 15 is 0 Å². The zero-order valence-corrected chi connectivity index (χ0v) is 20.1. The van der Waals surface area contributed by atoms with Gasteiger partial charge in [0.1, 0.15) is 17.8 Å². The van der Waals surface area contributed by atoms with E-state index in [1.807, 2.05) is 6.07 Å². The summed E-state index contributed by atoms with van der Waals surface area (Å²) in [5.41, 5.74) is 2.66. The van der Waals surface area contributed by atoms with Crippen LogP contribution < -0.4 is 4.72 Å². The van der Waals surface area contributed by atoms with Gasteiger partial charge in [0.25, 0.3) is 5.91 Å². The van der Waals surface area contributed by atoms with E-state index in [1.54, 1.807) is 11.1 Å².